The molecule has 1 aromatic rings. The fraction of sp³-hybridized carbons (Fsp3) is 0.692. The van der Waals surface area contributed by atoms with Crippen molar-refractivity contribution in [3.05, 3.63) is 29.8 Å². The first kappa shape index (κ1) is 22.2. The average Bonchev–Trinajstić information content (AvgIpc) is 3.30. The quantitative estimate of drug-likeness (QED) is 0.646. The van der Waals surface area contributed by atoms with Gasteiger partial charge in [0.15, 0.2) is 0 Å². The molecule has 1 saturated carbocycles. The van der Waals surface area contributed by atoms with Crippen molar-refractivity contribution in [1.29, 1.82) is 0 Å². The minimum Gasteiger partial charge on any atom is -0.497 e. The number of methoxy groups -OCH3 is 1. The third-order valence-corrected chi connectivity index (χ3v) is 7.69. The van der Waals surface area contributed by atoms with Crippen molar-refractivity contribution < 1.29 is 14.3 Å². The van der Waals surface area contributed by atoms with Crippen molar-refractivity contribution >= 4 is 11.8 Å². The summed E-state index contributed by atoms with van der Waals surface area (Å²) in [6, 6.07) is 8.33. The molecule has 5 nitrogen and oxygen atoms in total. The largest absolute Gasteiger partial charge is 0.497 e. The molecule has 0 spiro atoms. The second kappa shape index (κ2) is 10.5. The van der Waals surface area contributed by atoms with Crippen molar-refractivity contribution in [3.8, 4) is 5.75 Å². The number of rotatable bonds is 6. The van der Waals surface area contributed by atoms with E-state index in [1.165, 1.54) is 37.7 Å². The van der Waals surface area contributed by atoms with Crippen LogP contribution in [-0.4, -0.2) is 48.4 Å². The Kier molecular flexibility index (Phi) is 7.52. The molecule has 5 heteroatoms. The number of hydrogen-bond acceptors (Lipinski definition) is 3. The van der Waals surface area contributed by atoms with Gasteiger partial charge in [0.25, 0.3) is 0 Å². The first-order chi connectivity index (χ1) is 15.1. The van der Waals surface area contributed by atoms with Gasteiger partial charge in [-0.05, 0) is 68.1 Å². The van der Waals surface area contributed by atoms with E-state index in [9.17, 15) is 9.59 Å². The maximum absolute atomic E-state index is 13.1. The lowest BCUT2D eigenvalue weighted by Gasteiger charge is -2.34. The van der Waals surface area contributed by atoms with E-state index in [4.69, 9.17) is 4.74 Å². The number of hydrogen-bond donors (Lipinski definition) is 0. The third-order valence-electron chi connectivity index (χ3n) is 7.69. The second-order valence-corrected chi connectivity index (χ2v) is 9.75. The molecule has 1 aromatic carbocycles. The van der Waals surface area contributed by atoms with Crippen LogP contribution in [0.1, 0.15) is 82.2 Å². The number of nitrogens with zero attached hydrogens (tertiary/aromatic N) is 2. The van der Waals surface area contributed by atoms with Crippen LogP contribution in [0.2, 0.25) is 0 Å². The summed E-state index contributed by atoms with van der Waals surface area (Å²) in [5, 5.41) is 0. The van der Waals surface area contributed by atoms with Gasteiger partial charge in [0.1, 0.15) is 5.75 Å². The first-order valence-electron chi connectivity index (χ1n) is 12.3. The summed E-state index contributed by atoms with van der Waals surface area (Å²) in [6.45, 7) is 2.51. The molecule has 0 radical (unpaired) electrons. The van der Waals surface area contributed by atoms with Crippen LogP contribution in [0, 0.1) is 11.8 Å². The molecule has 0 bridgehead atoms. The van der Waals surface area contributed by atoms with E-state index < -0.39 is 0 Å². The lowest BCUT2D eigenvalue weighted by atomic mass is 9.86. The molecule has 31 heavy (non-hydrogen) atoms. The zero-order valence-corrected chi connectivity index (χ0v) is 19.1. The number of amides is 2. The normalized spacial score (nSPS) is 23.2. The van der Waals surface area contributed by atoms with Crippen LogP contribution in [0.4, 0.5) is 0 Å². The van der Waals surface area contributed by atoms with E-state index in [2.05, 4.69) is 21.9 Å². The van der Waals surface area contributed by atoms with E-state index in [0.717, 1.165) is 57.5 Å². The van der Waals surface area contributed by atoms with Crippen LogP contribution in [0.3, 0.4) is 0 Å². The fourth-order valence-corrected chi connectivity index (χ4v) is 5.76. The molecular formula is C26H38N2O3. The van der Waals surface area contributed by atoms with Crippen LogP contribution in [0.25, 0.3) is 0 Å². The summed E-state index contributed by atoms with van der Waals surface area (Å²) in [4.78, 5) is 30.0. The van der Waals surface area contributed by atoms with Crippen LogP contribution in [0.15, 0.2) is 24.3 Å². The van der Waals surface area contributed by atoms with Crippen molar-refractivity contribution in [2.45, 2.75) is 76.7 Å². The lowest BCUT2D eigenvalue weighted by molar-refractivity contribution is -0.135. The van der Waals surface area contributed by atoms with Crippen molar-refractivity contribution in [1.82, 2.24) is 9.80 Å². The van der Waals surface area contributed by atoms with E-state index in [1.807, 2.05) is 12.1 Å². The lowest BCUT2D eigenvalue weighted by Crippen LogP contribution is -2.41. The summed E-state index contributed by atoms with van der Waals surface area (Å²) in [7, 11) is 1.68. The van der Waals surface area contributed by atoms with Gasteiger partial charge in [-0.15, -0.1) is 0 Å². The van der Waals surface area contributed by atoms with Gasteiger partial charge < -0.3 is 14.5 Å². The number of piperidine rings is 1. The number of carbonyl (C=O) groups is 2. The zero-order chi connectivity index (χ0) is 21.6. The first-order valence-corrected chi connectivity index (χ1v) is 12.3. The van der Waals surface area contributed by atoms with Gasteiger partial charge in [-0.25, -0.2) is 0 Å². The monoisotopic (exact) mass is 426 g/mol. The van der Waals surface area contributed by atoms with Gasteiger partial charge in [0.2, 0.25) is 11.8 Å². The fourth-order valence-electron chi connectivity index (χ4n) is 5.76. The van der Waals surface area contributed by atoms with Gasteiger partial charge in [0.05, 0.1) is 13.2 Å². The molecule has 1 atom stereocenters. The third kappa shape index (κ3) is 5.61. The molecule has 1 aliphatic carbocycles. The molecular weight excluding hydrogens is 388 g/mol. The Morgan fingerprint density at radius 1 is 0.806 bits per heavy atom. The van der Waals surface area contributed by atoms with Crippen molar-refractivity contribution in [3.63, 3.8) is 0 Å². The predicted molar refractivity (Wildman–Crippen MR) is 122 cm³/mol. The maximum Gasteiger partial charge on any atom is 0.223 e. The Balaban J connectivity index is 1.25. The van der Waals surface area contributed by atoms with Crippen LogP contribution in [-0.2, 0) is 9.59 Å². The molecule has 2 amide bonds. The molecule has 2 aliphatic heterocycles. The highest BCUT2D eigenvalue weighted by Gasteiger charge is 2.32. The van der Waals surface area contributed by atoms with Crippen molar-refractivity contribution in [2.75, 3.05) is 26.7 Å². The Hall–Kier alpha value is -2.04. The highest BCUT2D eigenvalue weighted by molar-refractivity contribution is 5.78. The van der Waals surface area contributed by atoms with Crippen molar-refractivity contribution in [2.24, 2.45) is 11.8 Å². The van der Waals surface area contributed by atoms with E-state index in [1.54, 1.807) is 7.11 Å². The zero-order valence-electron chi connectivity index (χ0n) is 19.1. The van der Waals surface area contributed by atoms with E-state index >= 15 is 0 Å². The highest BCUT2D eigenvalue weighted by Crippen LogP contribution is 2.35. The summed E-state index contributed by atoms with van der Waals surface area (Å²) in [6.07, 6.45) is 11.7. The Labute approximate surface area is 187 Å². The standard InChI is InChI=1S/C26H38N2O3/c1-31-23-11-9-22(10-12-23)24-8-5-15-28(24)26(30)19-21-13-16-27(17-14-21)25(29)18-20-6-3-2-4-7-20/h9-12,20-21,24H,2-8,13-19H2,1H3. The van der Waals surface area contributed by atoms with Gasteiger partial charge in [-0.3, -0.25) is 9.59 Å². The molecule has 3 aliphatic rings. The molecule has 0 N–H and O–H groups in total. The summed E-state index contributed by atoms with van der Waals surface area (Å²) >= 11 is 0. The minimum absolute atomic E-state index is 0.190. The number of ether oxygens (including phenoxy) is 1. The Morgan fingerprint density at radius 2 is 1.45 bits per heavy atom. The predicted octanol–water partition coefficient (Wildman–Crippen LogP) is 4.96. The van der Waals surface area contributed by atoms with Crippen LogP contribution < -0.4 is 4.74 Å². The summed E-state index contributed by atoms with van der Waals surface area (Å²) in [5.74, 6) is 2.49. The van der Waals surface area contributed by atoms with Gasteiger partial charge in [-0.2, -0.15) is 0 Å². The number of likely N-dealkylation sites (tertiary alicyclic amines) is 2. The molecule has 3 fully saturated rings. The Bertz CT molecular complexity index is 734. The van der Waals surface area contributed by atoms with Crippen LogP contribution in [0.5, 0.6) is 5.75 Å². The molecule has 1 unspecified atom stereocenters. The molecule has 2 heterocycles. The molecule has 0 aromatic heterocycles. The van der Waals surface area contributed by atoms with E-state index in [0.29, 0.717) is 24.2 Å². The molecule has 170 valence electrons. The topological polar surface area (TPSA) is 49.9 Å². The van der Waals surface area contributed by atoms with Gasteiger partial charge >= 0.3 is 0 Å². The molecule has 4 rings (SSSR count). The van der Waals surface area contributed by atoms with Gasteiger partial charge in [-0.1, -0.05) is 31.4 Å². The van der Waals surface area contributed by atoms with E-state index in [-0.39, 0.29) is 11.9 Å². The second-order valence-electron chi connectivity index (χ2n) is 9.75. The van der Waals surface area contributed by atoms with Gasteiger partial charge in [0, 0.05) is 32.5 Å². The Morgan fingerprint density at radius 3 is 2.13 bits per heavy atom. The summed E-state index contributed by atoms with van der Waals surface area (Å²) in [5.41, 5.74) is 1.20. The highest BCUT2D eigenvalue weighted by atomic mass is 16.5. The number of carbonyl (C=O) groups excluding carboxylic acids is 2. The number of benzene rings is 1. The summed E-state index contributed by atoms with van der Waals surface area (Å²) < 4.78 is 5.27. The smallest absolute Gasteiger partial charge is 0.223 e. The van der Waals surface area contributed by atoms with Crippen LogP contribution >= 0.6 is 0 Å². The average molecular weight is 427 g/mol. The minimum atomic E-state index is 0.190. The molecule has 2 saturated heterocycles. The maximum atomic E-state index is 13.1. The SMILES string of the molecule is COc1ccc(C2CCCN2C(=O)CC2CCN(C(=O)CC3CCCCC3)CC2)cc1.